The molecule has 0 radical (unpaired) electrons. The van der Waals surface area contributed by atoms with Crippen molar-refractivity contribution in [3.8, 4) is 5.75 Å². The molecule has 3 unspecified atom stereocenters. The number of piperidine rings is 1. The highest BCUT2D eigenvalue weighted by Crippen LogP contribution is 2.40. The summed E-state index contributed by atoms with van der Waals surface area (Å²) in [6, 6.07) is 14.4. The van der Waals surface area contributed by atoms with Crippen LogP contribution in [0.2, 0.25) is 5.02 Å². The van der Waals surface area contributed by atoms with Crippen LogP contribution in [0.1, 0.15) is 42.0 Å². The predicted octanol–water partition coefficient (Wildman–Crippen LogP) is 3.46. The highest BCUT2D eigenvalue weighted by molar-refractivity contribution is 6.30. The third-order valence-electron chi connectivity index (χ3n) is 7.56. The maximum atomic E-state index is 13.0. The van der Waals surface area contributed by atoms with Crippen LogP contribution in [0.5, 0.6) is 5.75 Å². The molecule has 2 aliphatic heterocycles. The molecule has 0 bridgehead atoms. The fourth-order valence-corrected chi connectivity index (χ4v) is 5.72. The fourth-order valence-electron chi connectivity index (χ4n) is 5.59. The van der Waals surface area contributed by atoms with Crippen LogP contribution in [0.15, 0.2) is 42.5 Å². The van der Waals surface area contributed by atoms with Crippen LogP contribution >= 0.6 is 11.6 Å². The summed E-state index contributed by atoms with van der Waals surface area (Å²) in [6.45, 7) is 3.86. The first-order chi connectivity index (χ1) is 16.1. The van der Waals surface area contributed by atoms with E-state index in [0.717, 1.165) is 62.6 Å². The lowest BCUT2D eigenvalue weighted by Crippen LogP contribution is -2.47. The lowest BCUT2D eigenvalue weighted by atomic mass is 9.77. The van der Waals surface area contributed by atoms with E-state index in [1.165, 1.54) is 16.7 Å². The Balaban J connectivity index is 1.09. The van der Waals surface area contributed by atoms with Crippen molar-refractivity contribution >= 4 is 17.5 Å². The highest BCUT2D eigenvalue weighted by Gasteiger charge is 2.43. The Kier molecular flexibility index (Phi) is 6.88. The Labute approximate surface area is 201 Å². The number of likely N-dealkylation sites (tertiary alicyclic amines) is 1. The van der Waals surface area contributed by atoms with Crippen molar-refractivity contribution in [3.05, 3.63) is 64.2 Å². The average Bonchev–Trinajstić information content (AvgIpc) is 3.29. The molecule has 2 saturated heterocycles. The third-order valence-corrected chi connectivity index (χ3v) is 7.81. The maximum Gasteiger partial charge on any atom is 0.238 e. The number of nitrogens with zero attached hydrogens (tertiary/aromatic N) is 1. The molecule has 176 valence electrons. The van der Waals surface area contributed by atoms with Gasteiger partial charge in [0.05, 0.1) is 13.2 Å². The van der Waals surface area contributed by atoms with Gasteiger partial charge in [0.15, 0.2) is 0 Å². The van der Waals surface area contributed by atoms with E-state index in [4.69, 9.17) is 16.3 Å². The molecule has 0 saturated carbocycles. The first-order valence-corrected chi connectivity index (χ1v) is 12.4. The van der Waals surface area contributed by atoms with Gasteiger partial charge in [-0.05, 0) is 85.6 Å². The van der Waals surface area contributed by atoms with Crippen molar-refractivity contribution in [2.45, 2.75) is 44.3 Å². The molecule has 6 nitrogen and oxygen atoms in total. The molecule has 0 spiro atoms. The SMILES string of the molecule is COc1ccc2c(c1)CCC1C(C(=O)NCC3CCN(Cc4ccc(Cl)cc4)CC3)NNC21. The van der Waals surface area contributed by atoms with Gasteiger partial charge in [0.2, 0.25) is 5.91 Å². The molecular formula is C26H33ClN4O2. The molecule has 0 aromatic heterocycles. The Hall–Kier alpha value is -2.12. The van der Waals surface area contributed by atoms with Crippen molar-refractivity contribution in [3.63, 3.8) is 0 Å². The van der Waals surface area contributed by atoms with E-state index in [0.29, 0.717) is 5.92 Å². The van der Waals surface area contributed by atoms with E-state index in [1.54, 1.807) is 7.11 Å². The standard InChI is InChI=1S/C26H33ClN4O2/c1-33-21-7-9-22-19(14-21)4-8-23-24(22)29-30-25(23)26(32)28-15-17-10-12-31(13-11-17)16-18-2-5-20(27)6-3-18/h2-3,5-7,9,14,17,23-25,29-30H,4,8,10-13,15-16H2,1H3,(H,28,32). The number of hydrogen-bond acceptors (Lipinski definition) is 5. The van der Waals surface area contributed by atoms with Gasteiger partial charge in [0.1, 0.15) is 11.8 Å². The molecule has 3 atom stereocenters. The van der Waals surface area contributed by atoms with Crippen LogP contribution in [0, 0.1) is 11.8 Å². The Morgan fingerprint density at radius 2 is 1.91 bits per heavy atom. The van der Waals surface area contributed by atoms with Gasteiger partial charge in [0, 0.05) is 24.0 Å². The highest BCUT2D eigenvalue weighted by atomic mass is 35.5. The van der Waals surface area contributed by atoms with E-state index in [-0.39, 0.29) is 23.9 Å². The number of ether oxygens (including phenoxy) is 1. The summed E-state index contributed by atoms with van der Waals surface area (Å²) >= 11 is 5.99. The Morgan fingerprint density at radius 3 is 2.67 bits per heavy atom. The van der Waals surface area contributed by atoms with Crippen LogP contribution < -0.4 is 20.9 Å². The van der Waals surface area contributed by atoms with Gasteiger partial charge in [-0.2, -0.15) is 0 Å². The topological polar surface area (TPSA) is 65.6 Å². The number of amides is 1. The minimum Gasteiger partial charge on any atom is -0.497 e. The largest absolute Gasteiger partial charge is 0.497 e. The van der Waals surface area contributed by atoms with Crippen molar-refractivity contribution in [1.82, 2.24) is 21.1 Å². The molecule has 2 aromatic rings. The minimum absolute atomic E-state index is 0.121. The number of carbonyl (C=O) groups is 1. The minimum atomic E-state index is -0.185. The Morgan fingerprint density at radius 1 is 1.12 bits per heavy atom. The molecule has 1 aliphatic carbocycles. The number of hydrazine groups is 1. The van der Waals surface area contributed by atoms with Crippen molar-refractivity contribution < 1.29 is 9.53 Å². The molecule has 5 rings (SSSR count). The molecule has 2 heterocycles. The second-order valence-corrected chi connectivity index (χ2v) is 10.0. The van der Waals surface area contributed by atoms with E-state index in [2.05, 4.69) is 45.3 Å². The van der Waals surface area contributed by atoms with E-state index in [9.17, 15) is 4.79 Å². The number of nitrogens with one attached hydrogen (secondary N) is 3. The molecule has 7 heteroatoms. The normalized spacial score (nSPS) is 25.3. The summed E-state index contributed by atoms with van der Waals surface area (Å²) in [5, 5.41) is 4.03. The number of fused-ring (bicyclic) bond motifs is 3. The van der Waals surface area contributed by atoms with Crippen molar-refractivity contribution in [2.24, 2.45) is 11.8 Å². The number of halogens is 1. The first kappa shape index (κ1) is 22.7. The van der Waals surface area contributed by atoms with E-state index >= 15 is 0 Å². The van der Waals surface area contributed by atoms with E-state index in [1.807, 2.05) is 18.2 Å². The quantitative estimate of drug-likeness (QED) is 0.606. The van der Waals surface area contributed by atoms with Gasteiger partial charge in [-0.15, -0.1) is 0 Å². The second kappa shape index (κ2) is 10.0. The van der Waals surface area contributed by atoms with Crippen molar-refractivity contribution in [1.29, 1.82) is 0 Å². The molecule has 2 fully saturated rings. The maximum absolute atomic E-state index is 13.0. The number of aryl methyl sites for hydroxylation is 1. The van der Waals surface area contributed by atoms with Gasteiger partial charge in [-0.3, -0.25) is 9.69 Å². The van der Waals surface area contributed by atoms with Gasteiger partial charge < -0.3 is 10.1 Å². The summed E-state index contributed by atoms with van der Waals surface area (Å²) in [5.74, 6) is 1.83. The zero-order chi connectivity index (χ0) is 22.8. The first-order valence-electron chi connectivity index (χ1n) is 12.0. The van der Waals surface area contributed by atoms with Gasteiger partial charge >= 0.3 is 0 Å². The molecule has 33 heavy (non-hydrogen) atoms. The lowest BCUT2D eigenvalue weighted by Gasteiger charge is -2.32. The Bertz CT molecular complexity index is 975. The number of carbonyl (C=O) groups excluding carboxylic acids is 1. The smallest absolute Gasteiger partial charge is 0.238 e. The molecule has 3 aliphatic rings. The molecule has 2 aromatic carbocycles. The second-order valence-electron chi connectivity index (χ2n) is 9.60. The molecule has 3 N–H and O–H groups in total. The van der Waals surface area contributed by atoms with Crippen molar-refractivity contribution in [2.75, 3.05) is 26.7 Å². The number of hydrogen-bond donors (Lipinski definition) is 3. The number of benzene rings is 2. The molecule has 1 amide bonds. The number of methoxy groups -OCH3 is 1. The zero-order valence-electron chi connectivity index (χ0n) is 19.1. The monoisotopic (exact) mass is 468 g/mol. The van der Waals surface area contributed by atoms with Gasteiger partial charge in [0.25, 0.3) is 0 Å². The van der Waals surface area contributed by atoms with Gasteiger partial charge in [-0.1, -0.05) is 29.8 Å². The average molecular weight is 469 g/mol. The van der Waals surface area contributed by atoms with E-state index < -0.39 is 0 Å². The van der Waals surface area contributed by atoms with Crippen LogP contribution in [0.3, 0.4) is 0 Å². The zero-order valence-corrected chi connectivity index (χ0v) is 19.9. The van der Waals surface area contributed by atoms with Gasteiger partial charge in [-0.25, -0.2) is 10.9 Å². The van der Waals surface area contributed by atoms with Crippen LogP contribution in [-0.4, -0.2) is 43.6 Å². The summed E-state index contributed by atoms with van der Waals surface area (Å²) in [4.78, 5) is 15.5. The summed E-state index contributed by atoms with van der Waals surface area (Å²) in [5.41, 5.74) is 10.6. The van der Waals surface area contributed by atoms with Crippen LogP contribution in [0.4, 0.5) is 0 Å². The summed E-state index contributed by atoms with van der Waals surface area (Å²) < 4.78 is 5.37. The number of rotatable bonds is 6. The van der Waals surface area contributed by atoms with Crippen LogP contribution in [-0.2, 0) is 17.8 Å². The summed E-state index contributed by atoms with van der Waals surface area (Å²) in [6.07, 6.45) is 4.20. The summed E-state index contributed by atoms with van der Waals surface area (Å²) in [7, 11) is 1.70. The van der Waals surface area contributed by atoms with Crippen LogP contribution in [0.25, 0.3) is 0 Å². The fraction of sp³-hybridized carbons (Fsp3) is 0.500. The third kappa shape index (κ3) is 5.04. The molecular weight excluding hydrogens is 436 g/mol. The lowest BCUT2D eigenvalue weighted by molar-refractivity contribution is -0.124. The predicted molar refractivity (Wildman–Crippen MR) is 130 cm³/mol.